The number of hydrogen-bond donors (Lipinski definition) is 1. The Morgan fingerprint density at radius 1 is 1.50 bits per heavy atom. The lowest BCUT2D eigenvalue weighted by atomic mass is 10.1. The highest BCUT2D eigenvalue weighted by molar-refractivity contribution is 5.87. The summed E-state index contributed by atoms with van der Waals surface area (Å²) in [6, 6.07) is 4.57. The number of rotatable bonds is 7. The van der Waals surface area contributed by atoms with Crippen LogP contribution in [0.3, 0.4) is 0 Å². The standard InChI is InChI=1S/C16H20FNO2/c1-2-9-18(11-12-3-4-12)15-7-6-14(17)10-13(15)5-8-16(19)20/h5-8,10,12H,2-4,9,11H2,1H3,(H,19,20). The zero-order valence-corrected chi connectivity index (χ0v) is 11.7. The van der Waals surface area contributed by atoms with Crippen molar-refractivity contribution in [2.45, 2.75) is 26.2 Å². The molecular weight excluding hydrogens is 257 g/mol. The Morgan fingerprint density at radius 3 is 2.85 bits per heavy atom. The average molecular weight is 277 g/mol. The summed E-state index contributed by atoms with van der Waals surface area (Å²) in [6.45, 7) is 3.97. The second-order valence-electron chi connectivity index (χ2n) is 5.26. The van der Waals surface area contributed by atoms with E-state index in [2.05, 4.69) is 11.8 Å². The number of nitrogens with zero attached hydrogens (tertiary/aromatic N) is 1. The van der Waals surface area contributed by atoms with Gasteiger partial charge in [0.25, 0.3) is 0 Å². The van der Waals surface area contributed by atoms with Gasteiger partial charge >= 0.3 is 5.97 Å². The van der Waals surface area contributed by atoms with Crippen LogP contribution in [0.1, 0.15) is 31.7 Å². The van der Waals surface area contributed by atoms with Crippen LogP contribution in [-0.2, 0) is 4.79 Å². The molecule has 1 saturated carbocycles. The zero-order chi connectivity index (χ0) is 14.5. The van der Waals surface area contributed by atoms with Gasteiger partial charge in [0.15, 0.2) is 0 Å². The Kier molecular flexibility index (Phi) is 4.77. The number of carboxylic acid groups (broad SMARTS) is 1. The van der Waals surface area contributed by atoms with Crippen LogP contribution in [0.15, 0.2) is 24.3 Å². The lowest BCUT2D eigenvalue weighted by Crippen LogP contribution is -2.27. The summed E-state index contributed by atoms with van der Waals surface area (Å²) in [5.41, 5.74) is 1.54. The van der Waals surface area contributed by atoms with Gasteiger partial charge in [-0.2, -0.15) is 0 Å². The SMILES string of the molecule is CCCN(CC1CC1)c1ccc(F)cc1C=CC(=O)O. The van der Waals surface area contributed by atoms with Crippen molar-refractivity contribution in [3.63, 3.8) is 0 Å². The van der Waals surface area contributed by atoms with Gasteiger partial charge in [-0.25, -0.2) is 9.18 Å². The molecule has 0 heterocycles. The molecule has 0 spiro atoms. The van der Waals surface area contributed by atoms with Crippen molar-refractivity contribution in [2.75, 3.05) is 18.0 Å². The van der Waals surface area contributed by atoms with E-state index in [-0.39, 0.29) is 5.82 Å². The zero-order valence-electron chi connectivity index (χ0n) is 11.7. The number of benzene rings is 1. The predicted octanol–water partition coefficient (Wildman–Crippen LogP) is 3.55. The third-order valence-electron chi connectivity index (χ3n) is 3.40. The van der Waals surface area contributed by atoms with Crippen LogP contribution in [0.2, 0.25) is 0 Å². The van der Waals surface area contributed by atoms with Crippen LogP contribution in [0.4, 0.5) is 10.1 Å². The van der Waals surface area contributed by atoms with E-state index in [1.165, 1.54) is 31.1 Å². The smallest absolute Gasteiger partial charge is 0.328 e. The highest BCUT2D eigenvalue weighted by atomic mass is 19.1. The minimum atomic E-state index is -1.02. The number of halogens is 1. The third kappa shape index (κ3) is 4.08. The van der Waals surface area contributed by atoms with E-state index >= 15 is 0 Å². The number of hydrogen-bond acceptors (Lipinski definition) is 2. The first-order chi connectivity index (χ1) is 9.60. The molecule has 0 radical (unpaired) electrons. The molecule has 108 valence electrons. The summed E-state index contributed by atoms with van der Waals surface area (Å²) in [5.74, 6) is -0.644. The van der Waals surface area contributed by atoms with Gasteiger partial charge in [0.1, 0.15) is 5.82 Å². The van der Waals surface area contributed by atoms with Crippen molar-refractivity contribution in [1.82, 2.24) is 0 Å². The van der Waals surface area contributed by atoms with Gasteiger partial charge in [0, 0.05) is 30.4 Å². The molecule has 1 fully saturated rings. The van der Waals surface area contributed by atoms with Crippen LogP contribution in [0, 0.1) is 11.7 Å². The highest BCUT2D eigenvalue weighted by Crippen LogP contribution is 2.33. The van der Waals surface area contributed by atoms with Gasteiger partial charge in [0.05, 0.1) is 0 Å². The Hall–Kier alpha value is -1.84. The van der Waals surface area contributed by atoms with Crippen LogP contribution in [0.5, 0.6) is 0 Å². The molecule has 1 aliphatic rings. The largest absolute Gasteiger partial charge is 0.478 e. The van der Waals surface area contributed by atoms with Crippen molar-refractivity contribution in [3.05, 3.63) is 35.7 Å². The monoisotopic (exact) mass is 277 g/mol. The molecule has 1 aromatic rings. The summed E-state index contributed by atoms with van der Waals surface area (Å²) in [5, 5.41) is 8.74. The molecule has 2 rings (SSSR count). The minimum absolute atomic E-state index is 0.346. The van der Waals surface area contributed by atoms with E-state index in [1.54, 1.807) is 6.07 Å². The second kappa shape index (κ2) is 6.55. The lowest BCUT2D eigenvalue weighted by Gasteiger charge is -2.26. The van der Waals surface area contributed by atoms with Gasteiger partial charge < -0.3 is 10.0 Å². The summed E-state index contributed by atoms with van der Waals surface area (Å²) in [4.78, 5) is 12.9. The fraction of sp³-hybridized carbons (Fsp3) is 0.438. The molecule has 0 aromatic heterocycles. The van der Waals surface area contributed by atoms with Gasteiger partial charge in [-0.3, -0.25) is 0 Å². The molecule has 20 heavy (non-hydrogen) atoms. The Labute approximate surface area is 118 Å². The van der Waals surface area contributed by atoms with Crippen molar-refractivity contribution in [1.29, 1.82) is 0 Å². The molecule has 1 aromatic carbocycles. The summed E-state index contributed by atoms with van der Waals surface area (Å²) in [7, 11) is 0. The first-order valence-corrected chi connectivity index (χ1v) is 7.05. The van der Waals surface area contributed by atoms with Crippen LogP contribution in [-0.4, -0.2) is 24.2 Å². The quantitative estimate of drug-likeness (QED) is 0.775. The first kappa shape index (κ1) is 14.6. The van der Waals surface area contributed by atoms with E-state index in [0.29, 0.717) is 5.56 Å². The molecule has 0 aliphatic heterocycles. The fourth-order valence-electron chi connectivity index (χ4n) is 2.30. The van der Waals surface area contributed by atoms with E-state index in [1.807, 2.05) is 0 Å². The number of aliphatic carboxylic acids is 1. The Morgan fingerprint density at radius 2 is 2.25 bits per heavy atom. The van der Waals surface area contributed by atoms with Crippen molar-refractivity contribution >= 4 is 17.7 Å². The molecule has 0 atom stereocenters. The van der Waals surface area contributed by atoms with Crippen molar-refractivity contribution < 1.29 is 14.3 Å². The second-order valence-corrected chi connectivity index (χ2v) is 5.26. The summed E-state index contributed by atoms with van der Waals surface area (Å²) >= 11 is 0. The molecular formula is C16H20FNO2. The maximum absolute atomic E-state index is 13.4. The fourth-order valence-corrected chi connectivity index (χ4v) is 2.30. The van der Waals surface area contributed by atoms with Crippen LogP contribution >= 0.6 is 0 Å². The van der Waals surface area contributed by atoms with Crippen molar-refractivity contribution in [3.8, 4) is 0 Å². The van der Waals surface area contributed by atoms with Gasteiger partial charge in [-0.1, -0.05) is 6.92 Å². The summed E-state index contributed by atoms with van der Waals surface area (Å²) < 4.78 is 13.4. The Balaban J connectivity index is 2.28. The number of anilines is 1. The lowest BCUT2D eigenvalue weighted by molar-refractivity contribution is -0.131. The minimum Gasteiger partial charge on any atom is -0.478 e. The normalized spacial score (nSPS) is 14.7. The molecule has 1 N–H and O–H groups in total. The van der Waals surface area contributed by atoms with Gasteiger partial charge in [-0.05, 0) is 49.5 Å². The molecule has 3 nitrogen and oxygen atoms in total. The maximum Gasteiger partial charge on any atom is 0.328 e. The number of carboxylic acids is 1. The van der Waals surface area contributed by atoms with E-state index in [9.17, 15) is 9.18 Å². The predicted molar refractivity (Wildman–Crippen MR) is 78.3 cm³/mol. The third-order valence-corrected chi connectivity index (χ3v) is 3.40. The molecule has 1 aliphatic carbocycles. The highest BCUT2D eigenvalue weighted by Gasteiger charge is 2.25. The first-order valence-electron chi connectivity index (χ1n) is 7.05. The molecule has 0 amide bonds. The molecule has 0 saturated heterocycles. The van der Waals surface area contributed by atoms with Crippen molar-refractivity contribution in [2.24, 2.45) is 5.92 Å². The van der Waals surface area contributed by atoms with Crippen LogP contribution in [0.25, 0.3) is 6.08 Å². The Bertz CT molecular complexity index is 509. The van der Waals surface area contributed by atoms with Gasteiger partial charge in [-0.15, -0.1) is 0 Å². The average Bonchev–Trinajstić information content (AvgIpc) is 3.20. The van der Waals surface area contributed by atoms with E-state index in [4.69, 9.17) is 5.11 Å². The van der Waals surface area contributed by atoms with E-state index < -0.39 is 5.97 Å². The molecule has 0 bridgehead atoms. The topological polar surface area (TPSA) is 40.5 Å². The van der Waals surface area contributed by atoms with E-state index in [0.717, 1.165) is 37.2 Å². The van der Waals surface area contributed by atoms with Gasteiger partial charge in [0.2, 0.25) is 0 Å². The maximum atomic E-state index is 13.4. The molecule has 4 heteroatoms. The van der Waals surface area contributed by atoms with Crippen LogP contribution < -0.4 is 4.90 Å². The molecule has 0 unspecified atom stereocenters. The number of carbonyl (C=O) groups is 1. The summed E-state index contributed by atoms with van der Waals surface area (Å²) in [6.07, 6.45) is 6.03.